The topological polar surface area (TPSA) is 93.9 Å². The highest BCUT2D eigenvalue weighted by Crippen LogP contribution is 2.22. The van der Waals surface area contributed by atoms with Crippen molar-refractivity contribution in [3.8, 4) is 0 Å². The molecule has 4 rings (SSSR count). The Balaban J connectivity index is 0.000000406. The molecule has 0 saturated heterocycles. The second-order valence-electron chi connectivity index (χ2n) is 8.24. The summed E-state index contributed by atoms with van der Waals surface area (Å²) in [5.41, 5.74) is 2.17. The standard InChI is InChI=1S/C21H27N3O3.C2HF3O2/c25-21(16-27-19-7-1-2-8-19)24-12-18-6-4-10-23(18)13-20(14-24)26-15-17-5-3-9-22-11-17;3-2(4,5)1(6)7/h3-6,9-11,19-20H,1-2,7-8,12-16H2;(H,6,7). The molecule has 3 heterocycles. The number of halogens is 3. The van der Waals surface area contributed by atoms with Gasteiger partial charge in [-0.2, -0.15) is 13.2 Å². The Hall–Kier alpha value is -2.92. The number of ether oxygens (including phenoxy) is 2. The van der Waals surface area contributed by atoms with E-state index in [0.717, 1.165) is 30.6 Å². The highest BCUT2D eigenvalue weighted by Gasteiger charge is 2.38. The molecule has 34 heavy (non-hydrogen) atoms. The van der Waals surface area contributed by atoms with Crippen molar-refractivity contribution in [2.45, 2.75) is 63.8 Å². The molecule has 186 valence electrons. The van der Waals surface area contributed by atoms with Crippen LogP contribution >= 0.6 is 0 Å². The van der Waals surface area contributed by atoms with E-state index < -0.39 is 12.1 Å². The SMILES string of the molecule is O=C(COC1CCCC1)N1Cc2cccn2CC(OCc2cccnc2)C1.O=C(O)C(F)(F)F. The van der Waals surface area contributed by atoms with E-state index in [1.54, 1.807) is 6.20 Å². The van der Waals surface area contributed by atoms with Gasteiger partial charge in [0.15, 0.2) is 0 Å². The van der Waals surface area contributed by atoms with Crippen LogP contribution in [0.15, 0.2) is 42.9 Å². The third kappa shape index (κ3) is 7.84. The molecule has 8 nitrogen and oxygen atoms in total. The average molecular weight is 483 g/mol. The van der Waals surface area contributed by atoms with Crippen molar-refractivity contribution < 1.29 is 37.3 Å². The van der Waals surface area contributed by atoms with Crippen molar-refractivity contribution in [3.05, 3.63) is 54.1 Å². The molecule has 1 aliphatic heterocycles. The third-order valence-corrected chi connectivity index (χ3v) is 5.65. The molecular weight excluding hydrogens is 455 g/mol. The molecule has 0 bridgehead atoms. The van der Waals surface area contributed by atoms with Crippen LogP contribution in [0.3, 0.4) is 0 Å². The normalized spacial score (nSPS) is 18.6. The lowest BCUT2D eigenvalue weighted by atomic mass is 10.3. The summed E-state index contributed by atoms with van der Waals surface area (Å²) in [4.78, 5) is 27.7. The molecule has 2 aromatic heterocycles. The first-order chi connectivity index (χ1) is 16.2. The molecule has 0 aromatic carbocycles. The van der Waals surface area contributed by atoms with E-state index in [4.69, 9.17) is 19.4 Å². The number of carboxylic acid groups (broad SMARTS) is 1. The minimum Gasteiger partial charge on any atom is -0.475 e. The average Bonchev–Trinajstić information content (AvgIpc) is 3.45. The molecule has 1 aliphatic carbocycles. The van der Waals surface area contributed by atoms with Crippen molar-refractivity contribution >= 4 is 11.9 Å². The summed E-state index contributed by atoms with van der Waals surface area (Å²) in [5, 5.41) is 7.12. The molecule has 2 aliphatic rings. The fourth-order valence-corrected chi connectivity index (χ4v) is 3.88. The second-order valence-corrected chi connectivity index (χ2v) is 8.24. The Bertz CT molecular complexity index is 929. The molecule has 1 fully saturated rings. The van der Waals surface area contributed by atoms with E-state index >= 15 is 0 Å². The van der Waals surface area contributed by atoms with Gasteiger partial charge >= 0.3 is 12.1 Å². The van der Waals surface area contributed by atoms with E-state index in [-0.39, 0.29) is 24.7 Å². The predicted molar refractivity (Wildman–Crippen MR) is 115 cm³/mol. The Kier molecular flexibility index (Phi) is 9.05. The van der Waals surface area contributed by atoms with Crippen LogP contribution in [0.5, 0.6) is 0 Å². The zero-order valence-electron chi connectivity index (χ0n) is 18.6. The number of carbonyl (C=O) groups excluding carboxylic acids is 1. The summed E-state index contributed by atoms with van der Waals surface area (Å²) in [6.45, 7) is 2.59. The van der Waals surface area contributed by atoms with Gasteiger partial charge in [0.05, 0.1) is 31.9 Å². The van der Waals surface area contributed by atoms with Crippen molar-refractivity contribution in [2.24, 2.45) is 0 Å². The van der Waals surface area contributed by atoms with Gasteiger partial charge in [-0.25, -0.2) is 4.79 Å². The Morgan fingerprint density at radius 2 is 1.82 bits per heavy atom. The summed E-state index contributed by atoms with van der Waals surface area (Å²) in [6, 6.07) is 8.01. The number of pyridine rings is 1. The van der Waals surface area contributed by atoms with Gasteiger partial charge in [-0.05, 0) is 36.6 Å². The van der Waals surface area contributed by atoms with Crippen LogP contribution in [0.1, 0.15) is 36.9 Å². The van der Waals surface area contributed by atoms with Gasteiger partial charge in [0.25, 0.3) is 0 Å². The minimum absolute atomic E-state index is 0.0477. The maximum Gasteiger partial charge on any atom is 0.490 e. The van der Waals surface area contributed by atoms with Crippen LogP contribution < -0.4 is 0 Å². The lowest BCUT2D eigenvalue weighted by molar-refractivity contribution is -0.192. The summed E-state index contributed by atoms with van der Waals surface area (Å²) >= 11 is 0. The summed E-state index contributed by atoms with van der Waals surface area (Å²) in [6.07, 6.45) is 5.30. The lowest BCUT2D eigenvalue weighted by Crippen LogP contribution is -2.39. The van der Waals surface area contributed by atoms with Gasteiger partial charge in [-0.1, -0.05) is 18.9 Å². The molecule has 0 spiro atoms. The zero-order chi connectivity index (χ0) is 24.6. The number of carboxylic acids is 1. The maximum absolute atomic E-state index is 12.8. The van der Waals surface area contributed by atoms with E-state index in [9.17, 15) is 18.0 Å². The molecule has 1 atom stereocenters. The number of amides is 1. The number of aromatic nitrogens is 2. The first kappa shape index (κ1) is 25.7. The number of carbonyl (C=O) groups is 2. The minimum atomic E-state index is -5.08. The van der Waals surface area contributed by atoms with Crippen LogP contribution in [0.25, 0.3) is 0 Å². The fraction of sp³-hybridized carbons (Fsp3) is 0.522. The second kappa shape index (κ2) is 12.0. The van der Waals surface area contributed by atoms with Gasteiger partial charge in [0.1, 0.15) is 6.61 Å². The molecule has 0 radical (unpaired) electrons. The van der Waals surface area contributed by atoms with E-state index in [1.165, 1.54) is 12.8 Å². The highest BCUT2D eigenvalue weighted by molar-refractivity contribution is 5.77. The molecule has 1 amide bonds. The van der Waals surface area contributed by atoms with Gasteiger partial charge in [0.2, 0.25) is 5.91 Å². The number of aliphatic carboxylic acids is 1. The van der Waals surface area contributed by atoms with Gasteiger partial charge in [0, 0.05) is 30.8 Å². The van der Waals surface area contributed by atoms with Crippen LogP contribution in [0.2, 0.25) is 0 Å². The summed E-state index contributed by atoms with van der Waals surface area (Å²) in [7, 11) is 0. The highest BCUT2D eigenvalue weighted by atomic mass is 19.4. The van der Waals surface area contributed by atoms with E-state index in [0.29, 0.717) is 19.7 Å². The fourth-order valence-electron chi connectivity index (χ4n) is 3.88. The molecular formula is C23H28F3N3O5. The first-order valence-electron chi connectivity index (χ1n) is 11.1. The molecule has 11 heteroatoms. The van der Waals surface area contributed by atoms with Gasteiger partial charge < -0.3 is 24.0 Å². The summed E-state index contributed by atoms with van der Waals surface area (Å²) < 4.78 is 45.9. The van der Waals surface area contributed by atoms with Crippen molar-refractivity contribution in [1.82, 2.24) is 14.5 Å². The predicted octanol–water partition coefficient (Wildman–Crippen LogP) is 3.40. The number of hydrogen-bond acceptors (Lipinski definition) is 5. The monoisotopic (exact) mass is 483 g/mol. The van der Waals surface area contributed by atoms with Crippen LogP contribution in [0, 0.1) is 0 Å². The molecule has 1 N–H and O–H groups in total. The molecule has 1 saturated carbocycles. The zero-order valence-corrected chi connectivity index (χ0v) is 18.6. The number of fused-ring (bicyclic) bond motifs is 1. The van der Waals surface area contributed by atoms with Crippen molar-refractivity contribution in [3.63, 3.8) is 0 Å². The number of hydrogen-bond donors (Lipinski definition) is 1. The van der Waals surface area contributed by atoms with Crippen LogP contribution in [-0.4, -0.2) is 63.0 Å². The number of nitrogens with zero attached hydrogens (tertiary/aromatic N) is 3. The Labute approximate surface area is 195 Å². The van der Waals surface area contributed by atoms with Crippen molar-refractivity contribution in [2.75, 3.05) is 13.2 Å². The third-order valence-electron chi connectivity index (χ3n) is 5.65. The summed E-state index contributed by atoms with van der Waals surface area (Å²) in [5.74, 6) is -2.71. The quantitative estimate of drug-likeness (QED) is 0.677. The van der Waals surface area contributed by atoms with Gasteiger partial charge in [-0.3, -0.25) is 9.78 Å². The Morgan fingerprint density at radius 3 is 2.47 bits per heavy atom. The molecule has 2 aromatic rings. The number of rotatable bonds is 6. The van der Waals surface area contributed by atoms with Gasteiger partial charge in [-0.15, -0.1) is 0 Å². The van der Waals surface area contributed by atoms with Crippen molar-refractivity contribution in [1.29, 1.82) is 0 Å². The van der Waals surface area contributed by atoms with E-state index in [1.807, 2.05) is 29.3 Å². The maximum atomic E-state index is 12.8. The van der Waals surface area contributed by atoms with Crippen LogP contribution in [0.4, 0.5) is 13.2 Å². The smallest absolute Gasteiger partial charge is 0.475 e. The van der Waals surface area contributed by atoms with Crippen LogP contribution in [-0.2, 0) is 38.8 Å². The largest absolute Gasteiger partial charge is 0.490 e. The Morgan fingerprint density at radius 1 is 1.09 bits per heavy atom. The van der Waals surface area contributed by atoms with E-state index in [2.05, 4.69) is 21.8 Å². The number of alkyl halides is 3. The molecule has 1 unspecified atom stereocenters. The lowest BCUT2D eigenvalue weighted by Gasteiger charge is -2.25. The first-order valence-corrected chi connectivity index (χ1v) is 11.1.